The first-order chi connectivity index (χ1) is 7.31. The molecule has 0 bridgehead atoms. The van der Waals surface area contributed by atoms with Crippen LogP contribution in [0.25, 0.3) is 0 Å². The van der Waals surface area contributed by atoms with E-state index >= 15 is 0 Å². The lowest BCUT2D eigenvalue weighted by molar-refractivity contribution is -0.0535. The fourth-order valence-corrected chi connectivity index (χ4v) is 1.26. The van der Waals surface area contributed by atoms with Crippen molar-refractivity contribution in [2.45, 2.75) is 25.9 Å². The highest BCUT2D eigenvalue weighted by Gasteiger charge is 2.24. The third-order valence-electron chi connectivity index (χ3n) is 2.02. The highest BCUT2D eigenvalue weighted by atomic mass is 19.4. The van der Waals surface area contributed by atoms with Crippen molar-refractivity contribution in [2.24, 2.45) is 4.99 Å². The van der Waals surface area contributed by atoms with Crippen LogP contribution in [0, 0.1) is 0 Å². The van der Waals surface area contributed by atoms with E-state index in [9.17, 15) is 18.3 Å². The van der Waals surface area contributed by atoms with Crippen LogP contribution in [0.2, 0.25) is 0 Å². The minimum Gasteiger partial charge on any atom is -0.505 e. The van der Waals surface area contributed by atoms with Gasteiger partial charge in [0.15, 0.2) is 0 Å². The van der Waals surface area contributed by atoms with Crippen molar-refractivity contribution in [3.8, 4) is 5.75 Å². The van der Waals surface area contributed by atoms with Gasteiger partial charge < -0.3 is 5.11 Å². The van der Waals surface area contributed by atoms with Gasteiger partial charge in [-0.15, -0.1) is 0 Å². The topological polar surface area (TPSA) is 32.6 Å². The summed E-state index contributed by atoms with van der Waals surface area (Å²) < 4.78 is 35.7. The summed E-state index contributed by atoms with van der Waals surface area (Å²) in [5.74, 6) is -0.168. The first-order valence-corrected chi connectivity index (χ1v) is 4.75. The number of benzene rings is 1. The van der Waals surface area contributed by atoms with Gasteiger partial charge in [0.25, 0.3) is 0 Å². The number of aliphatic imine (C=N–C) groups is 1. The van der Waals surface area contributed by atoms with Gasteiger partial charge in [0.2, 0.25) is 0 Å². The molecule has 0 unspecified atom stereocenters. The molecule has 1 aromatic rings. The van der Waals surface area contributed by atoms with E-state index in [2.05, 4.69) is 4.99 Å². The molecule has 0 aliphatic carbocycles. The lowest BCUT2D eigenvalue weighted by Crippen LogP contribution is -2.07. The largest absolute Gasteiger partial charge is 0.505 e. The third kappa shape index (κ3) is 3.25. The van der Waals surface area contributed by atoms with E-state index in [1.165, 1.54) is 6.07 Å². The van der Waals surface area contributed by atoms with Gasteiger partial charge in [-0.05, 0) is 17.5 Å². The highest BCUT2D eigenvalue weighted by molar-refractivity contribution is 5.71. The van der Waals surface area contributed by atoms with E-state index in [1.54, 1.807) is 12.1 Å². The summed E-state index contributed by atoms with van der Waals surface area (Å²) in [6, 6.07) is 4.56. The molecule has 0 heterocycles. The predicted molar refractivity (Wildman–Crippen MR) is 56.4 cm³/mol. The first kappa shape index (κ1) is 12.5. The average Bonchev–Trinajstić information content (AvgIpc) is 2.14. The summed E-state index contributed by atoms with van der Waals surface area (Å²) >= 11 is 0. The molecule has 88 valence electrons. The van der Waals surface area contributed by atoms with Crippen molar-refractivity contribution in [3.63, 3.8) is 0 Å². The van der Waals surface area contributed by atoms with E-state index in [0.29, 0.717) is 5.56 Å². The molecule has 0 atom stereocenters. The van der Waals surface area contributed by atoms with Crippen molar-refractivity contribution < 1.29 is 18.3 Å². The molecule has 5 heteroatoms. The Morgan fingerprint density at radius 3 is 2.44 bits per heavy atom. The van der Waals surface area contributed by atoms with Crippen molar-refractivity contribution in [3.05, 3.63) is 23.8 Å². The van der Waals surface area contributed by atoms with E-state index < -0.39 is 6.18 Å². The maximum absolute atomic E-state index is 11.9. The van der Waals surface area contributed by atoms with Crippen LogP contribution in [0.3, 0.4) is 0 Å². The third-order valence-corrected chi connectivity index (χ3v) is 2.02. The number of phenolic OH excluding ortho intramolecular Hbond substituents is 1. The lowest BCUT2D eigenvalue weighted by Gasteiger charge is -2.09. The maximum atomic E-state index is 11.9. The zero-order valence-electron chi connectivity index (χ0n) is 8.92. The second-order valence-corrected chi connectivity index (χ2v) is 3.67. The number of para-hydroxylation sites is 1. The molecule has 0 aliphatic heterocycles. The Balaban J connectivity index is 3.07. The molecule has 1 aromatic carbocycles. The van der Waals surface area contributed by atoms with Crippen LogP contribution in [-0.4, -0.2) is 17.5 Å². The Morgan fingerprint density at radius 2 is 1.94 bits per heavy atom. The molecule has 0 aromatic heterocycles. The van der Waals surface area contributed by atoms with Gasteiger partial charge in [-0.3, -0.25) is 0 Å². The Kier molecular flexibility index (Phi) is 3.57. The van der Waals surface area contributed by atoms with Crippen LogP contribution >= 0.6 is 0 Å². The predicted octanol–water partition coefficient (Wildman–Crippen LogP) is 3.78. The van der Waals surface area contributed by atoms with Crippen LogP contribution in [-0.2, 0) is 0 Å². The van der Waals surface area contributed by atoms with Crippen molar-refractivity contribution in [2.75, 3.05) is 0 Å². The fraction of sp³-hybridized carbons (Fsp3) is 0.364. The molecular formula is C11H12F3NO. The van der Waals surface area contributed by atoms with Crippen molar-refractivity contribution in [1.82, 2.24) is 0 Å². The van der Waals surface area contributed by atoms with Crippen LogP contribution in [0.5, 0.6) is 5.75 Å². The van der Waals surface area contributed by atoms with Crippen LogP contribution in [0.15, 0.2) is 23.2 Å². The second kappa shape index (κ2) is 4.55. The SMILES string of the molecule is CC(C)c1cccc(N=CC(F)(F)F)c1O. The molecule has 2 nitrogen and oxygen atoms in total. The monoisotopic (exact) mass is 231 g/mol. The van der Waals surface area contributed by atoms with Crippen LogP contribution in [0.1, 0.15) is 25.3 Å². The fourth-order valence-electron chi connectivity index (χ4n) is 1.26. The van der Waals surface area contributed by atoms with Gasteiger partial charge in [-0.1, -0.05) is 26.0 Å². The molecule has 0 radical (unpaired) electrons. The van der Waals surface area contributed by atoms with E-state index in [1.807, 2.05) is 13.8 Å². The first-order valence-electron chi connectivity index (χ1n) is 4.75. The van der Waals surface area contributed by atoms with Gasteiger partial charge >= 0.3 is 6.18 Å². The molecule has 1 N–H and O–H groups in total. The van der Waals surface area contributed by atoms with E-state index in [-0.39, 0.29) is 23.6 Å². The average molecular weight is 231 g/mol. The van der Waals surface area contributed by atoms with E-state index in [4.69, 9.17) is 0 Å². The number of hydrogen-bond acceptors (Lipinski definition) is 2. The molecule has 0 aliphatic rings. The van der Waals surface area contributed by atoms with Crippen molar-refractivity contribution in [1.29, 1.82) is 0 Å². The number of rotatable bonds is 2. The maximum Gasteiger partial charge on any atom is 0.426 e. The number of alkyl halides is 3. The summed E-state index contributed by atoms with van der Waals surface area (Å²) in [4.78, 5) is 3.22. The number of halogens is 3. The molecule has 0 fully saturated rings. The normalized spacial score (nSPS) is 12.6. The molecule has 16 heavy (non-hydrogen) atoms. The molecule has 0 amide bonds. The van der Waals surface area contributed by atoms with Gasteiger partial charge in [0.1, 0.15) is 17.7 Å². The Labute approximate surface area is 91.4 Å². The molecule has 1 rings (SSSR count). The minimum absolute atomic E-state index is 0.0287. The number of nitrogens with zero attached hydrogens (tertiary/aromatic N) is 1. The zero-order chi connectivity index (χ0) is 12.3. The Morgan fingerprint density at radius 1 is 1.31 bits per heavy atom. The number of hydrogen-bond donors (Lipinski definition) is 1. The van der Waals surface area contributed by atoms with Gasteiger partial charge in [-0.2, -0.15) is 13.2 Å². The summed E-state index contributed by atoms with van der Waals surface area (Å²) in [5.41, 5.74) is 0.514. The van der Waals surface area contributed by atoms with Crippen LogP contribution < -0.4 is 0 Å². The Bertz CT molecular complexity index is 397. The van der Waals surface area contributed by atoms with Gasteiger partial charge in [0, 0.05) is 0 Å². The number of phenols is 1. The zero-order valence-corrected chi connectivity index (χ0v) is 8.92. The standard InChI is InChI=1S/C11H12F3NO/c1-7(2)8-4-3-5-9(10(8)16)15-6-11(12,13)14/h3-7,16H,1-2H3. The quantitative estimate of drug-likeness (QED) is 0.772. The summed E-state index contributed by atoms with van der Waals surface area (Å²) in [6.07, 6.45) is -4.60. The second-order valence-electron chi connectivity index (χ2n) is 3.67. The van der Waals surface area contributed by atoms with E-state index in [0.717, 1.165) is 0 Å². The van der Waals surface area contributed by atoms with Gasteiger partial charge in [0.05, 0.1) is 0 Å². The van der Waals surface area contributed by atoms with Crippen LogP contribution in [0.4, 0.5) is 18.9 Å². The smallest absolute Gasteiger partial charge is 0.426 e. The molecule has 0 spiro atoms. The lowest BCUT2D eigenvalue weighted by atomic mass is 10.0. The summed E-state index contributed by atoms with van der Waals surface area (Å²) in [7, 11) is 0. The molecule has 0 saturated carbocycles. The van der Waals surface area contributed by atoms with Gasteiger partial charge in [-0.25, -0.2) is 4.99 Å². The minimum atomic E-state index is -4.47. The molecule has 0 saturated heterocycles. The summed E-state index contributed by atoms with van der Waals surface area (Å²) in [5, 5.41) is 9.67. The number of aromatic hydroxyl groups is 1. The van der Waals surface area contributed by atoms with Crippen molar-refractivity contribution >= 4 is 11.9 Å². The molecular weight excluding hydrogens is 219 g/mol. The highest BCUT2D eigenvalue weighted by Crippen LogP contribution is 2.34. The summed E-state index contributed by atoms with van der Waals surface area (Å²) in [6.45, 7) is 3.68. The Hall–Kier alpha value is -1.52.